The molecule has 4 rings (SSSR count). The third-order valence-electron chi connectivity index (χ3n) is 5.50. The SMILES string of the molecule is Cc1nc2c(C(F)(F)F)cccc2nc1C1(S(C)(=O)=O)C=CC=C(c2ccccc2)C1. The molecular weight excluding hydrogens is 425 g/mol. The van der Waals surface area contributed by atoms with Crippen LogP contribution >= 0.6 is 0 Å². The summed E-state index contributed by atoms with van der Waals surface area (Å²) < 4.78 is 64.9. The van der Waals surface area contributed by atoms with Gasteiger partial charge in [0, 0.05) is 12.7 Å². The van der Waals surface area contributed by atoms with Crippen molar-refractivity contribution >= 4 is 26.4 Å². The van der Waals surface area contributed by atoms with Crippen LogP contribution in [0.4, 0.5) is 13.2 Å². The average molecular weight is 444 g/mol. The number of rotatable bonds is 3. The molecule has 2 aromatic carbocycles. The fraction of sp³-hybridized carbons (Fsp3) is 0.217. The van der Waals surface area contributed by atoms with Crippen molar-refractivity contribution < 1.29 is 21.6 Å². The second kappa shape index (κ2) is 7.30. The minimum atomic E-state index is -4.59. The van der Waals surface area contributed by atoms with Gasteiger partial charge < -0.3 is 0 Å². The monoisotopic (exact) mass is 444 g/mol. The first-order chi connectivity index (χ1) is 14.5. The van der Waals surface area contributed by atoms with Gasteiger partial charge in [0.25, 0.3) is 0 Å². The lowest BCUT2D eigenvalue weighted by Crippen LogP contribution is -2.36. The molecule has 1 unspecified atom stereocenters. The summed E-state index contributed by atoms with van der Waals surface area (Å²) in [5, 5.41) is 0. The molecule has 0 spiro atoms. The van der Waals surface area contributed by atoms with Crippen LogP contribution in [0.1, 0.15) is 28.9 Å². The van der Waals surface area contributed by atoms with E-state index in [0.29, 0.717) is 0 Å². The second-order valence-corrected chi connectivity index (χ2v) is 9.86. The zero-order chi connectivity index (χ0) is 22.4. The van der Waals surface area contributed by atoms with Crippen LogP contribution in [0.2, 0.25) is 0 Å². The summed E-state index contributed by atoms with van der Waals surface area (Å²) in [7, 11) is -3.76. The molecule has 0 saturated heterocycles. The molecule has 1 heterocycles. The number of fused-ring (bicyclic) bond motifs is 1. The molecular formula is C23H19F3N2O2S. The molecule has 0 amide bonds. The molecule has 31 heavy (non-hydrogen) atoms. The summed E-state index contributed by atoms with van der Waals surface area (Å²) in [6.07, 6.45) is 1.67. The molecule has 3 aromatic rings. The Labute approximate surface area is 178 Å². The Hall–Kier alpha value is -3.00. The standard InChI is InChI=1S/C23H19F3N2O2S/c1-15-21(28-19-12-6-11-18(20(19)27-15)23(24,25)26)22(31(2,29)30)13-7-10-17(14-22)16-8-4-3-5-9-16/h3-13H,14H2,1-2H3. The maximum absolute atomic E-state index is 13.4. The van der Waals surface area contributed by atoms with E-state index in [1.54, 1.807) is 12.2 Å². The number of hydrogen-bond donors (Lipinski definition) is 0. The highest BCUT2D eigenvalue weighted by Gasteiger charge is 2.45. The molecule has 8 heteroatoms. The lowest BCUT2D eigenvalue weighted by molar-refractivity contribution is -0.136. The van der Waals surface area contributed by atoms with E-state index in [1.807, 2.05) is 36.4 Å². The van der Waals surface area contributed by atoms with Crippen LogP contribution in [0.5, 0.6) is 0 Å². The van der Waals surface area contributed by atoms with Crippen LogP contribution in [-0.4, -0.2) is 24.6 Å². The fourth-order valence-electron chi connectivity index (χ4n) is 3.95. The number of halogens is 3. The quantitative estimate of drug-likeness (QED) is 0.554. The normalized spacial score (nSPS) is 19.5. The fourth-order valence-corrected chi connectivity index (χ4v) is 5.24. The van der Waals surface area contributed by atoms with Crippen molar-refractivity contribution in [2.24, 2.45) is 0 Å². The summed E-state index contributed by atoms with van der Waals surface area (Å²) in [5.41, 5.74) is 0.753. The van der Waals surface area contributed by atoms with Gasteiger partial charge in [-0.2, -0.15) is 13.2 Å². The van der Waals surface area contributed by atoms with E-state index in [4.69, 9.17) is 0 Å². The van der Waals surface area contributed by atoms with Gasteiger partial charge in [-0.05, 0) is 30.2 Å². The molecule has 0 radical (unpaired) electrons. The van der Waals surface area contributed by atoms with Gasteiger partial charge >= 0.3 is 6.18 Å². The summed E-state index contributed by atoms with van der Waals surface area (Å²) in [5.74, 6) is 0. The number of allylic oxidation sites excluding steroid dienone is 3. The average Bonchev–Trinajstić information content (AvgIpc) is 2.72. The van der Waals surface area contributed by atoms with Crippen LogP contribution in [0.15, 0.2) is 66.8 Å². The molecule has 0 aliphatic heterocycles. The van der Waals surface area contributed by atoms with Crippen molar-refractivity contribution in [3.05, 3.63) is 89.3 Å². The van der Waals surface area contributed by atoms with Crippen LogP contribution in [0.3, 0.4) is 0 Å². The van der Waals surface area contributed by atoms with Crippen LogP contribution in [0.25, 0.3) is 16.6 Å². The predicted molar refractivity (Wildman–Crippen MR) is 114 cm³/mol. The van der Waals surface area contributed by atoms with Gasteiger partial charge in [0.2, 0.25) is 0 Å². The Balaban J connectivity index is 1.94. The Morgan fingerprint density at radius 2 is 1.71 bits per heavy atom. The van der Waals surface area contributed by atoms with Crippen molar-refractivity contribution in [2.45, 2.75) is 24.3 Å². The number of alkyl halides is 3. The summed E-state index contributed by atoms with van der Waals surface area (Å²) >= 11 is 0. The van der Waals surface area contributed by atoms with E-state index in [9.17, 15) is 21.6 Å². The number of para-hydroxylation sites is 1. The van der Waals surface area contributed by atoms with Crippen molar-refractivity contribution in [1.82, 2.24) is 9.97 Å². The third kappa shape index (κ3) is 3.65. The van der Waals surface area contributed by atoms with Crippen LogP contribution in [-0.2, 0) is 20.8 Å². The van der Waals surface area contributed by atoms with Crippen molar-refractivity contribution in [2.75, 3.05) is 6.26 Å². The van der Waals surface area contributed by atoms with Gasteiger partial charge in [-0.3, -0.25) is 0 Å². The zero-order valence-electron chi connectivity index (χ0n) is 16.8. The maximum Gasteiger partial charge on any atom is 0.418 e. The second-order valence-electron chi connectivity index (χ2n) is 7.58. The molecule has 0 saturated carbocycles. The third-order valence-corrected chi connectivity index (χ3v) is 7.29. The molecule has 4 nitrogen and oxygen atoms in total. The summed E-state index contributed by atoms with van der Waals surface area (Å²) in [4.78, 5) is 8.59. The minimum Gasteiger partial charge on any atom is -0.249 e. The van der Waals surface area contributed by atoms with Gasteiger partial charge in [0.15, 0.2) is 9.84 Å². The van der Waals surface area contributed by atoms with Gasteiger partial charge in [-0.25, -0.2) is 18.4 Å². The highest BCUT2D eigenvalue weighted by molar-refractivity contribution is 7.91. The Morgan fingerprint density at radius 3 is 2.35 bits per heavy atom. The maximum atomic E-state index is 13.4. The molecule has 0 fully saturated rings. The van der Waals surface area contributed by atoms with Crippen molar-refractivity contribution in [3.63, 3.8) is 0 Å². The topological polar surface area (TPSA) is 59.9 Å². The molecule has 160 valence electrons. The van der Waals surface area contributed by atoms with Gasteiger partial charge in [0.05, 0.1) is 22.5 Å². The lowest BCUT2D eigenvalue weighted by Gasteiger charge is -2.32. The van der Waals surface area contributed by atoms with Gasteiger partial charge in [-0.1, -0.05) is 54.6 Å². The Kier molecular flexibility index (Phi) is 5.00. The number of sulfone groups is 1. The van der Waals surface area contributed by atoms with E-state index < -0.39 is 26.3 Å². The smallest absolute Gasteiger partial charge is 0.249 e. The first-order valence-corrected chi connectivity index (χ1v) is 11.4. The van der Waals surface area contributed by atoms with Crippen molar-refractivity contribution in [3.8, 4) is 0 Å². The van der Waals surface area contributed by atoms with Crippen LogP contribution in [0, 0.1) is 6.92 Å². The summed E-state index contributed by atoms with van der Waals surface area (Å²) in [6.45, 7) is 1.50. The first-order valence-electron chi connectivity index (χ1n) is 9.51. The molecule has 1 aliphatic rings. The van der Waals surface area contributed by atoms with E-state index in [-0.39, 0.29) is 28.8 Å². The highest BCUT2D eigenvalue weighted by atomic mass is 32.2. The van der Waals surface area contributed by atoms with Gasteiger partial charge in [-0.15, -0.1) is 0 Å². The summed E-state index contributed by atoms with van der Waals surface area (Å²) in [6, 6.07) is 12.9. The van der Waals surface area contributed by atoms with Gasteiger partial charge in [0.1, 0.15) is 10.3 Å². The van der Waals surface area contributed by atoms with Crippen LogP contribution < -0.4 is 0 Å². The number of hydrogen-bond acceptors (Lipinski definition) is 4. The number of nitrogens with zero attached hydrogens (tertiary/aromatic N) is 2. The molecule has 1 atom stereocenters. The van der Waals surface area contributed by atoms with E-state index in [1.165, 1.54) is 19.1 Å². The largest absolute Gasteiger partial charge is 0.418 e. The molecule has 0 bridgehead atoms. The van der Waals surface area contributed by atoms with E-state index >= 15 is 0 Å². The van der Waals surface area contributed by atoms with E-state index in [2.05, 4.69) is 9.97 Å². The Morgan fingerprint density at radius 1 is 1.00 bits per heavy atom. The zero-order valence-corrected chi connectivity index (χ0v) is 17.6. The number of benzene rings is 2. The molecule has 1 aromatic heterocycles. The highest BCUT2D eigenvalue weighted by Crippen LogP contribution is 2.44. The Bertz CT molecular complexity index is 1330. The molecule has 0 N–H and O–H groups in total. The predicted octanol–water partition coefficient (Wildman–Crippen LogP) is 5.24. The lowest BCUT2D eigenvalue weighted by atomic mass is 9.86. The van der Waals surface area contributed by atoms with Crippen molar-refractivity contribution in [1.29, 1.82) is 0 Å². The minimum absolute atomic E-state index is 0.00247. The van der Waals surface area contributed by atoms with E-state index in [0.717, 1.165) is 23.5 Å². The molecule has 1 aliphatic carbocycles. The number of aromatic nitrogens is 2. The number of aryl methyl sites for hydroxylation is 1. The first kappa shape index (κ1) is 21.2.